The van der Waals surface area contributed by atoms with Gasteiger partial charge >= 0.3 is 5.97 Å². The molecule has 1 N–H and O–H groups in total. The van der Waals surface area contributed by atoms with Crippen molar-refractivity contribution in [2.45, 2.75) is 27.7 Å². The van der Waals surface area contributed by atoms with E-state index in [9.17, 15) is 9.59 Å². The molecule has 0 aromatic carbocycles. The van der Waals surface area contributed by atoms with E-state index < -0.39 is 5.97 Å². The van der Waals surface area contributed by atoms with Crippen LogP contribution in [0.5, 0.6) is 0 Å². The maximum Gasteiger partial charge on any atom is 0.341 e. The summed E-state index contributed by atoms with van der Waals surface area (Å²) in [5.41, 5.74) is 2.01. The highest BCUT2D eigenvalue weighted by molar-refractivity contribution is 7.16. The van der Waals surface area contributed by atoms with Crippen LogP contribution in [0.1, 0.15) is 38.4 Å². The topological polar surface area (TPSA) is 68.3 Å². The van der Waals surface area contributed by atoms with E-state index in [0.717, 1.165) is 21.1 Å². The highest BCUT2D eigenvalue weighted by Gasteiger charge is 2.21. The van der Waals surface area contributed by atoms with Crippen LogP contribution in [-0.2, 0) is 9.53 Å². The van der Waals surface area contributed by atoms with E-state index >= 15 is 0 Å². The van der Waals surface area contributed by atoms with Gasteiger partial charge in [0, 0.05) is 16.3 Å². The number of ether oxygens (including phenoxy) is 1. The zero-order chi connectivity index (χ0) is 17.0. The minimum atomic E-state index is -0.413. The van der Waals surface area contributed by atoms with Gasteiger partial charge in [-0.2, -0.15) is 0 Å². The molecule has 0 saturated heterocycles. The van der Waals surface area contributed by atoms with Crippen LogP contribution in [0.25, 0.3) is 6.08 Å². The molecule has 0 aliphatic carbocycles. The van der Waals surface area contributed by atoms with Crippen molar-refractivity contribution in [3.8, 4) is 0 Å². The Hall–Kier alpha value is -1.99. The molecule has 23 heavy (non-hydrogen) atoms. The summed E-state index contributed by atoms with van der Waals surface area (Å²) in [5, 5.41) is 6.09. The molecule has 7 heteroatoms. The number of thiophene rings is 1. The number of aromatic nitrogens is 1. The highest BCUT2D eigenvalue weighted by atomic mass is 32.1. The number of nitrogens with zero attached hydrogens (tertiary/aromatic N) is 1. The van der Waals surface area contributed by atoms with Crippen LogP contribution >= 0.6 is 22.7 Å². The summed E-state index contributed by atoms with van der Waals surface area (Å²) in [6, 6.07) is 0. The Morgan fingerprint density at radius 3 is 2.70 bits per heavy atom. The van der Waals surface area contributed by atoms with Gasteiger partial charge in [0.2, 0.25) is 5.91 Å². The predicted molar refractivity (Wildman–Crippen MR) is 94.3 cm³/mol. The highest BCUT2D eigenvalue weighted by Crippen LogP contribution is 2.33. The molecule has 1 amide bonds. The Labute approximate surface area is 143 Å². The second-order valence-electron chi connectivity index (χ2n) is 4.82. The number of aryl methyl sites for hydroxylation is 2. The van der Waals surface area contributed by atoms with Crippen molar-refractivity contribution in [2.75, 3.05) is 11.9 Å². The Kier molecular flexibility index (Phi) is 5.68. The van der Waals surface area contributed by atoms with Crippen LogP contribution in [0.15, 0.2) is 11.5 Å². The maximum absolute atomic E-state index is 12.1. The van der Waals surface area contributed by atoms with Gasteiger partial charge in [-0.1, -0.05) is 0 Å². The van der Waals surface area contributed by atoms with E-state index in [1.807, 2.05) is 26.2 Å². The Morgan fingerprint density at radius 2 is 2.09 bits per heavy atom. The van der Waals surface area contributed by atoms with Gasteiger partial charge in [0.05, 0.1) is 22.9 Å². The first-order chi connectivity index (χ1) is 10.9. The van der Waals surface area contributed by atoms with Gasteiger partial charge in [0.15, 0.2) is 0 Å². The third-order valence-corrected chi connectivity index (χ3v) is 5.06. The normalized spacial score (nSPS) is 11.0. The number of hydrogen-bond donors (Lipinski definition) is 1. The fourth-order valence-electron chi connectivity index (χ4n) is 1.94. The molecular formula is C16H18N2O3S2. The third kappa shape index (κ3) is 4.27. The van der Waals surface area contributed by atoms with Crippen LogP contribution in [0.4, 0.5) is 5.00 Å². The fraction of sp³-hybridized carbons (Fsp3) is 0.312. The molecule has 0 unspecified atom stereocenters. The lowest BCUT2D eigenvalue weighted by atomic mass is 10.1. The van der Waals surface area contributed by atoms with Gasteiger partial charge in [-0.05, 0) is 39.3 Å². The van der Waals surface area contributed by atoms with E-state index in [2.05, 4.69) is 10.3 Å². The molecule has 122 valence electrons. The van der Waals surface area contributed by atoms with Crippen molar-refractivity contribution < 1.29 is 14.3 Å². The Morgan fingerprint density at radius 1 is 1.35 bits per heavy atom. The predicted octanol–water partition coefficient (Wildman–Crippen LogP) is 3.96. The zero-order valence-electron chi connectivity index (χ0n) is 13.4. The number of esters is 1. The zero-order valence-corrected chi connectivity index (χ0v) is 15.1. The summed E-state index contributed by atoms with van der Waals surface area (Å²) in [7, 11) is 0. The Bertz CT molecular complexity index is 759. The van der Waals surface area contributed by atoms with Crippen LogP contribution in [-0.4, -0.2) is 23.5 Å². The summed E-state index contributed by atoms with van der Waals surface area (Å²) in [5.74, 6) is -0.716. The molecular weight excluding hydrogens is 332 g/mol. The summed E-state index contributed by atoms with van der Waals surface area (Å²) in [6.45, 7) is 7.71. The fourth-order valence-corrected chi connectivity index (χ4v) is 3.57. The van der Waals surface area contributed by atoms with E-state index in [-0.39, 0.29) is 5.91 Å². The largest absolute Gasteiger partial charge is 0.462 e. The van der Waals surface area contributed by atoms with Crippen molar-refractivity contribution in [3.05, 3.63) is 38.2 Å². The lowest BCUT2D eigenvalue weighted by Crippen LogP contribution is -2.12. The lowest BCUT2D eigenvalue weighted by molar-refractivity contribution is -0.111. The van der Waals surface area contributed by atoms with E-state index in [0.29, 0.717) is 17.2 Å². The minimum absolute atomic E-state index is 0.295. The molecule has 0 radical (unpaired) electrons. The summed E-state index contributed by atoms with van der Waals surface area (Å²) in [4.78, 5) is 29.4. The number of carbonyl (C=O) groups is 2. The Balaban J connectivity index is 2.16. The smallest absolute Gasteiger partial charge is 0.341 e. The van der Waals surface area contributed by atoms with Crippen molar-refractivity contribution >= 4 is 45.6 Å². The number of thiazole rings is 1. The average molecular weight is 350 g/mol. The molecule has 0 aliphatic heterocycles. The number of nitrogens with one attached hydrogen (secondary N) is 1. The summed E-state index contributed by atoms with van der Waals surface area (Å²) in [6.07, 6.45) is 3.06. The van der Waals surface area contributed by atoms with Gasteiger partial charge in [-0.3, -0.25) is 4.79 Å². The number of anilines is 1. The molecule has 2 aromatic rings. The minimum Gasteiger partial charge on any atom is -0.462 e. The quantitative estimate of drug-likeness (QED) is 0.655. The molecule has 2 rings (SSSR count). The molecule has 0 bridgehead atoms. The SMILES string of the molecule is CCOC(=O)c1c(NC(=O)/C=C/c2csc(C)n2)sc(C)c1C. The van der Waals surface area contributed by atoms with Gasteiger partial charge < -0.3 is 10.1 Å². The third-order valence-electron chi connectivity index (χ3n) is 3.14. The number of hydrogen-bond acceptors (Lipinski definition) is 6. The lowest BCUT2D eigenvalue weighted by Gasteiger charge is -2.05. The van der Waals surface area contributed by atoms with Crippen LogP contribution < -0.4 is 5.32 Å². The van der Waals surface area contributed by atoms with Crippen molar-refractivity contribution in [3.63, 3.8) is 0 Å². The molecule has 0 spiro atoms. The van der Waals surface area contributed by atoms with Gasteiger partial charge in [0.25, 0.3) is 0 Å². The first-order valence-corrected chi connectivity index (χ1v) is 8.80. The van der Waals surface area contributed by atoms with Crippen molar-refractivity contribution in [2.24, 2.45) is 0 Å². The molecule has 5 nitrogen and oxygen atoms in total. The average Bonchev–Trinajstić information content (AvgIpc) is 3.01. The van der Waals surface area contributed by atoms with E-state index in [4.69, 9.17) is 4.74 Å². The van der Waals surface area contributed by atoms with Crippen LogP contribution in [0.2, 0.25) is 0 Å². The molecule has 0 fully saturated rings. The first kappa shape index (κ1) is 17.4. The summed E-state index contributed by atoms with van der Waals surface area (Å²) < 4.78 is 5.07. The number of amides is 1. The van der Waals surface area contributed by atoms with E-state index in [1.165, 1.54) is 28.7 Å². The second-order valence-corrected chi connectivity index (χ2v) is 7.11. The van der Waals surface area contributed by atoms with Crippen LogP contribution in [0, 0.1) is 20.8 Å². The molecule has 2 aromatic heterocycles. The van der Waals surface area contributed by atoms with Crippen LogP contribution in [0.3, 0.4) is 0 Å². The molecule has 0 atom stereocenters. The van der Waals surface area contributed by atoms with Crippen molar-refractivity contribution in [1.82, 2.24) is 4.98 Å². The van der Waals surface area contributed by atoms with E-state index in [1.54, 1.807) is 13.0 Å². The standard InChI is InChI=1S/C16H18N2O3S2/c1-5-21-16(20)14-9(2)10(3)23-15(14)18-13(19)7-6-12-8-22-11(4)17-12/h6-8H,5H2,1-4H3,(H,18,19)/b7-6+. The second kappa shape index (κ2) is 7.52. The first-order valence-electron chi connectivity index (χ1n) is 7.10. The maximum atomic E-state index is 12.1. The molecule has 2 heterocycles. The monoisotopic (exact) mass is 350 g/mol. The number of carbonyl (C=O) groups excluding carboxylic acids is 2. The van der Waals surface area contributed by atoms with Gasteiger partial charge in [-0.25, -0.2) is 9.78 Å². The molecule has 0 aliphatic rings. The van der Waals surface area contributed by atoms with Gasteiger partial charge in [-0.15, -0.1) is 22.7 Å². The van der Waals surface area contributed by atoms with Crippen molar-refractivity contribution in [1.29, 1.82) is 0 Å². The summed E-state index contributed by atoms with van der Waals surface area (Å²) >= 11 is 2.89. The number of rotatable bonds is 5. The van der Waals surface area contributed by atoms with Gasteiger partial charge in [0.1, 0.15) is 5.00 Å². The molecule has 0 saturated carbocycles.